The second-order valence-electron chi connectivity index (χ2n) is 3.74. The van der Waals surface area contributed by atoms with Gasteiger partial charge in [-0.3, -0.25) is 9.59 Å². The van der Waals surface area contributed by atoms with E-state index in [0.29, 0.717) is 13.2 Å². The van der Waals surface area contributed by atoms with Crippen LogP contribution in [-0.4, -0.2) is 48.2 Å². The number of nitrogens with zero attached hydrogens (tertiary/aromatic N) is 1. The van der Waals surface area contributed by atoms with Crippen molar-refractivity contribution < 1.29 is 19.4 Å². The first-order valence-corrected chi connectivity index (χ1v) is 5.16. The minimum Gasteiger partial charge on any atom is -0.481 e. The van der Waals surface area contributed by atoms with E-state index in [1.54, 1.807) is 11.9 Å². The molecule has 15 heavy (non-hydrogen) atoms. The van der Waals surface area contributed by atoms with Crippen LogP contribution in [0.25, 0.3) is 0 Å². The zero-order valence-electron chi connectivity index (χ0n) is 8.94. The van der Waals surface area contributed by atoms with Gasteiger partial charge in [-0.2, -0.15) is 0 Å². The average Bonchev–Trinajstić information content (AvgIpc) is 2.26. The molecule has 0 atom stereocenters. The molecule has 1 rings (SSSR count). The van der Waals surface area contributed by atoms with Gasteiger partial charge in [-0.1, -0.05) is 0 Å². The summed E-state index contributed by atoms with van der Waals surface area (Å²) in [5.41, 5.74) is 0. The monoisotopic (exact) mass is 215 g/mol. The molecule has 1 aliphatic heterocycles. The lowest BCUT2D eigenvalue weighted by atomic mass is 10.1. The third-order valence-electron chi connectivity index (χ3n) is 2.68. The van der Waals surface area contributed by atoms with Crippen molar-refractivity contribution >= 4 is 11.9 Å². The maximum Gasteiger partial charge on any atom is 0.303 e. The zero-order valence-corrected chi connectivity index (χ0v) is 8.94. The lowest BCUT2D eigenvalue weighted by Crippen LogP contribution is -2.40. The van der Waals surface area contributed by atoms with E-state index < -0.39 is 5.97 Å². The highest BCUT2D eigenvalue weighted by Crippen LogP contribution is 2.13. The molecule has 0 aromatic heterocycles. The summed E-state index contributed by atoms with van der Waals surface area (Å²) in [4.78, 5) is 23.5. The van der Waals surface area contributed by atoms with Crippen LogP contribution in [0.3, 0.4) is 0 Å². The molecule has 0 aliphatic carbocycles. The molecule has 0 aromatic rings. The van der Waals surface area contributed by atoms with E-state index in [9.17, 15) is 9.59 Å². The van der Waals surface area contributed by atoms with E-state index >= 15 is 0 Å². The van der Waals surface area contributed by atoms with Gasteiger partial charge < -0.3 is 14.7 Å². The molecule has 0 saturated carbocycles. The standard InChI is InChI=1S/C10H17NO4/c1-11(8-4-6-15-7-5-8)9(12)2-3-10(13)14/h8H,2-7H2,1H3,(H,13,14). The minimum atomic E-state index is -0.927. The Morgan fingerprint density at radius 1 is 1.33 bits per heavy atom. The Morgan fingerprint density at radius 2 is 1.93 bits per heavy atom. The number of rotatable bonds is 4. The molecule has 0 bridgehead atoms. The van der Waals surface area contributed by atoms with Crippen LogP contribution in [0.15, 0.2) is 0 Å². The fraction of sp³-hybridized carbons (Fsp3) is 0.800. The highest BCUT2D eigenvalue weighted by atomic mass is 16.5. The van der Waals surface area contributed by atoms with Gasteiger partial charge in [-0.05, 0) is 12.8 Å². The van der Waals surface area contributed by atoms with Crippen molar-refractivity contribution in [2.24, 2.45) is 0 Å². The summed E-state index contributed by atoms with van der Waals surface area (Å²) in [7, 11) is 1.74. The van der Waals surface area contributed by atoms with Crippen LogP contribution >= 0.6 is 0 Å². The first-order chi connectivity index (χ1) is 7.11. The quantitative estimate of drug-likeness (QED) is 0.741. The molecule has 1 heterocycles. The maximum absolute atomic E-state index is 11.6. The van der Waals surface area contributed by atoms with Crippen molar-refractivity contribution in [3.63, 3.8) is 0 Å². The fourth-order valence-electron chi connectivity index (χ4n) is 1.67. The summed E-state index contributed by atoms with van der Waals surface area (Å²) < 4.78 is 5.20. The molecule has 1 N–H and O–H groups in total. The summed E-state index contributed by atoms with van der Waals surface area (Å²) >= 11 is 0. The summed E-state index contributed by atoms with van der Waals surface area (Å²) in [6.45, 7) is 1.36. The van der Waals surface area contributed by atoms with Gasteiger partial charge in [0, 0.05) is 32.7 Å². The third kappa shape index (κ3) is 3.87. The molecule has 0 unspecified atom stereocenters. The van der Waals surface area contributed by atoms with E-state index in [0.717, 1.165) is 12.8 Å². The average molecular weight is 215 g/mol. The number of aliphatic carboxylic acids is 1. The van der Waals surface area contributed by atoms with Crippen LogP contribution in [0.5, 0.6) is 0 Å². The predicted octanol–water partition coefficient (Wildman–Crippen LogP) is 0.489. The van der Waals surface area contributed by atoms with Crippen molar-refractivity contribution in [2.45, 2.75) is 31.7 Å². The molecule has 1 fully saturated rings. The molecule has 0 spiro atoms. The maximum atomic E-state index is 11.6. The van der Waals surface area contributed by atoms with Crippen LogP contribution in [-0.2, 0) is 14.3 Å². The largest absolute Gasteiger partial charge is 0.481 e. The zero-order chi connectivity index (χ0) is 11.3. The number of amides is 1. The van der Waals surface area contributed by atoms with E-state index in [4.69, 9.17) is 9.84 Å². The van der Waals surface area contributed by atoms with E-state index in [2.05, 4.69) is 0 Å². The molecular weight excluding hydrogens is 198 g/mol. The van der Waals surface area contributed by atoms with Gasteiger partial charge in [-0.15, -0.1) is 0 Å². The number of carboxylic acids is 1. The number of carboxylic acid groups (broad SMARTS) is 1. The van der Waals surface area contributed by atoms with Gasteiger partial charge in [0.15, 0.2) is 0 Å². The second kappa shape index (κ2) is 5.70. The van der Waals surface area contributed by atoms with Crippen molar-refractivity contribution in [2.75, 3.05) is 20.3 Å². The number of carbonyl (C=O) groups excluding carboxylic acids is 1. The van der Waals surface area contributed by atoms with Crippen LogP contribution < -0.4 is 0 Å². The lowest BCUT2D eigenvalue weighted by molar-refractivity contribution is -0.141. The van der Waals surface area contributed by atoms with Crippen LogP contribution in [0.2, 0.25) is 0 Å². The number of hydrogen-bond donors (Lipinski definition) is 1. The molecule has 5 nitrogen and oxygen atoms in total. The Morgan fingerprint density at radius 3 is 2.47 bits per heavy atom. The van der Waals surface area contributed by atoms with E-state index in [-0.39, 0.29) is 24.8 Å². The Balaban J connectivity index is 2.33. The smallest absolute Gasteiger partial charge is 0.303 e. The minimum absolute atomic E-state index is 0.0865. The third-order valence-corrected chi connectivity index (χ3v) is 2.68. The highest BCUT2D eigenvalue weighted by molar-refractivity contribution is 5.80. The normalized spacial score (nSPS) is 17.4. The van der Waals surface area contributed by atoms with Gasteiger partial charge in [0.1, 0.15) is 0 Å². The predicted molar refractivity (Wildman–Crippen MR) is 53.5 cm³/mol. The molecule has 86 valence electrons. The Hall–Kier alpha value is -1.10. The fourth-order valence-corrected chi connectivity index (χ4v) is 1.67. The highest BCUT2D eigenvalue weighted by Gasteiger charge is 2.22. The Labute approximate surface area is 89.0 Å². The lowest BCUT2D eigenvalue weighted by Gasteiger charge is -2.31. The van der Waals surface area contributed by atoms with Gasteiger partial charge in [-0.25, -0.2) is 0 Å². The summed E-state index contributed by atoms with van der Waals surface area (Å²) in [6.07, 6.45) is 1.68. The van der Waals surface area contributed by atoms with Gasteiger partial charge in [0.25, 0.3) is 0 Å². The summed E-state index contributed by atoms with van der Waals surface area (Å²) in [5.74, 6) is -1.02. The summed E-state index contributed by atoms with van der Waals surface area (Å²) in [5, 5.41) is 8.46. The van der Waals surface area contributed by atoms with Crippen molar-refractivity contribution in [1.29, 1.82) is 0 Å². The first-order valence-electron chi connectivity index (χ1n) is 5.16. The first kappa shape index (κ1) is 12.0. The van der Waals surface area contributed by atoms with Crippen LogP contribution in [0, 0.1) is 0 Å². The molecular formula is C10H17NO4. The Bertz CT molecular complexity index is 236. The van der Waals surface area contributed by atoms with Crippen molar-refractivity contribution in [3.8, 4) is 0 Å². The molecule has 1 saturated heterocycles. The van der Waals surface area contributed by atoms with Gasteiger partial charge in [0.2, 0.25) is 5.91 Å². The van der Waals surface area contributed by atoms with Crippen molar-refractivity contribution in [3.05, 3.63) is 0 Å². The molecule has 1 amide bonds. The van der Waals surface area contributed by atoms with Gasteiger partial charge >= 0.3 is 5.97 Å². The van der Waals surface area contributed by atoms with E-state index in [1.165, 1.54) is 0 Å². The molecule has 5 heteroatoms. The topological polar surface area (TPSA) is 66.8 Å². The van der Waals surface area contributed by atoms with Crippen LogP contribution in [0.1, 0.15) is 25.7 Å². The Kier molecular flexibility index (Phi) is 4.55. The molecule has 1 aliphatic rings. The number of hydrogen-bond acceptors (Lipinski definition) is 3. The van der Waals surface area contributed by atoms with Crippen molar-refractivity contribution in [1.82, 2.24) is 4.90 Å². The van der Waals surface area contributed by atoms with E-state index in [1.807, 2.05) is 0 Å². The summed E-state index contributed by atoms with van der Waals surface area (Å²) in [6, 6.07) is 0.208. The molecule has 0 radical (unpaired) electrons. The number of ether oxygens (including phenoxy) is 1. The van der Waals surface area contributed by atoms with Crippen LogP contribution in [0.4, 0.5) is 0 Å². The molecule has 0 aromatic carbocycles. The van der Waals surface area contributed by atoms with Gasteiger partial charge in [0.05, 0.1) is 6.42 Å². The SMILES string of the molecule is CN(C(=O)CCC(=O)O)C1CCOCC1. The number of carbonyl (C=O) groups is 2. The second-order valence-corrected chi connectivity index (χ2v) is 3.74.